The summed E-state index contributed by atoms with van der Waals surface area (Å²) < 4.78 is 0. The second-order valence-electron chi connectivity index (χ2n) is 5.75. The van der Waals surface area contributed by atoms with Gasteiger partial charge in [0, 0.05) is 4.90 Å². The Balaban J connectivity index is 1.91. The Morgan fingerprint density at radius 3 is 2.36 bits per heavy atom. The molecule has 2 rings (SSSR count). The van der Waals surface area contributed by atoms with Crippen LogP contribution in [0.3, 0.4) is 0 Å². The molecule has 1 N–H and O–H groups in total. The smallest absolute Gasteiger partial charge is 0.230 e. The maximum Gasteiger partial charge on any atom is 0.230 e. The molecule has 2 nitrogen and oxygen atoms in total. The van der Waals surface area contributed by atoms with E-state index in [0.29, 0.717) is 5.75 Å². The third kappa shape index (κ3) is 4.63. The quantitative estimate of drug-likeness (QED) is 0.819. The highest BCUT2D eigenvalue weighted by Gasteiger charge is 2.12. The maximum atomic E-state index is 12.1. The predicted molar refractivity (Wildman–Crippen MR) is 94.4 cm³/mol. The maximum absolute atomic E-state index is 12.1. The number of benzene rings is 2. The zero-order valence-electron chi connectivity index (χ0n) is 13.6. The Kier molecular flexibility index (Phi) is 5.67. The van der Waals surface area contributed by atoms with Crippen LogP contribution in [0.1, 0.15) is 35.2 Å². The van der Waals surface area contributed by atoms with Crippen molar-refractivity contribution in [1.82, 2.24) is 5.32 Å². The molecule has 0 aromatic heterocycles. The molecule has 3 heteroatoms. The normalized spacial score (nSPS) is 12.0. The molecule has 116 valence electrons. The standard InChI is InChI=1S/C19H23NOS/c1-13-6-9-17(10-7-13)22-12-19(21)20-16(4)18-11-14(2)5-8-15(18)3/h5-11,16H,12H2,1-4H3,(H,20,21). The van der Waals surface area contributed by atoms with E-state index in [1.807, 2.05) is 6.92 Å². The molecule has 1 atom stereocenters. The topological polar surface area (TPSA) is 29.1 Å². The van der Waals surface area contributed by atoms with Gasteiger partial charge in [0.15, 0.2) is 0 Å². The summed E-state index contributed by atoms with van der Waals surface area (Å²) in [5.41, 5.74) is 4.85. The van der Waals surface area contributed by atoms with Crippen molar-refractivity contribution >= 4 is 17.7 Å². The van der Waals surface area contributed by atoms with Gasteiger partial charge in [-0.15, -0.1) is 11.8 Å². The molecule has 2 aromatic rings. The Morgan fingerprint density at radius 2 is 1.68 bits per heavy atom. The summed E-state index contributed by atoms with van der Waals surface area (Å²) in [5, 5.41) is 3.09. The Morgan fingerprint density at radius 1 is 1.05 bits per heavy atom. The van der Waals surface area contributed by atoms with E-state index in [4.69, 9.17) is 0 Å². The second kappa shape index (κ2) is 7.50. The van der Waals surface area contributed by atoms with Crippen LogP contribution < -0.4 is 5.32 Å². The molecule has 0 saturated carbocycles. The van der Waals surface area contributed by atoms with Crippen LogP contribution in [0.25, 0.3) is 0 Å². The summed E-state index contributed by atoms with van der Waals surface area (Å²) in [4.78, 5) is 13.3. The lowest BCUT2D eigenvalue weighted by Gasteiger charge is -2.17. The fourth-order valence-corrected chi connectivity index (χ4v) is 3.08. The minimum Gasteiger partial charge on any atom is -0.349 e. The van der Waals surface area contributed by atoms with Crippen LogP contribution in [0, 0.1) is 20.8 Å². The second-order valence-corrected chi connectivity index (χ2v) is 6.80. The first-order valence-electron chi connectivity index (χ1n) is 7.51. The lowest BCUT2D eigenvalue weighted by atomic mass is 10.00. The Labute approximate surface area is 137 Å². The van der Waals surface area contributed by atoms with Crippen molar-refractivity contribution in [3.05, 3.63) is 64.7 Å². The summed E-state index contributed by atoms with van der Waals surface area (Å²) in [5.74, 6) is 0.511. The number of aryl methyl sites for hydroxylation is 3. The molecule has 1 amide bonds. The van der Waals surface area contributed by atoms with E-state index < -0.39 is 0 Å². The molecule has 22 heavy (non-hydrogen) atoms. The lowest BCUT2D eigenvalue weighted by Crippen LogP contribution is -2.28. The van der Waals surface area contributed by atoms with Gasteiger partial charge >= 0.3 is 0 Å². The van der Waals surface area contributed by atoms with Gasteiger partial charge < -0.3 is 5.32 Å². The van der Waals surface area contributed by atoms with Crippen molar-refractivity contribution < 1.29 is 4.79 Å². The molecule has 0 saturated heterocycles. The first-order chi connectivity index (χ1) is 10.5. The van der Waals surface area contributed by atoms with E-state index in [-0.39, 0.29) is 11.9 Å². The summed E-state index contributed by atoms with van der Waals surface area (Å²) in [6, 6.07) is 14.6. The fourth-order valence-electron chi connectivity index (χ4n) is 2.37. The highest BCUT2D eigenvalue weighted by atomic mass is 32.2. The largest absolute Gasteiger partial charge is 0.349 e. The van der Waals surface area contributed by atoms with Gasteiger partial charge in [0.25, 0.3) is 0 Å². The van der Waals surface area contributed by atoms with Crippen LogP contribution in [-0.2, 0) is 4.79 Å². The molecular formula is C19H23NOS. The van der Waals surface area contributed by atoms with Gasteiger partial charge in [0.2, 0.25) is 5.91 Å². The molecule has 0 aliphatic heterocycles. The number of hydrogen-bond acceptors (Lipinski definition) is 2. The zero-order valence-corrected chi connectivity index (χ0v) is 14.5. The Bertz CT molecular complexity index is 649. The average molecular weight is 313 g/mol. The highest BCUT2D eigenvalue weighted by Crippen LogP contribution is 2.21. The zero-order chi connectivity index (χ0) is 16.1. The van der Waals surface area contributed by atoms with Crippen LogP contribution in [-0.4, -0.2) is 11.7 Å². The molecule has 0 aliphatic rings. The summed E-state index contributed by atoms with van der Waals surface area (Å²) in [7, 11) is 0. The minimum atomic E-state index is 0.0333. The van der Waals surface area contributed by atoms with Crippen molar-refractivity contribution in [2.24, 2.45) is 0 Å². The van der Waals surface area contributed by atoms with E-state index >= 15 is 0 Å². The van der Waals surface area contributed by atoms with Crippen molar-refractivity contribution in [1.29, 1.82) is 0 Å². The van der Waals surface area contributed by atoms with Crippen LogP contribution in [0.2, 0.25) is 0 Å². The van der Waals surface area contributed by atoms with E-state index in [1.54, 1.807) is 11.8 Å². The van der Waals surface area contributed by atoms with E-state index in [0.717, 1.165) is 4.90 Å². The van der Waals surface area contributed by atoms with E-state index in [2.05, 4.69) is 68.6 Å². The van der Waals surface area contributed by atoms with Crippen molar-refractivity contribution in [2.45, 2.75) is 38.6 Å². The fraction of sp³-hybridized carbons (Fsp3) is 0.316. The molecule has 0 bridgehead atoms. The van der Waals surface area contributed by atoms with Gasteiger partial charge in [-0.05, 0) is 51.0 Å². The van der Waals surface area contributed by atoms with Crippen molar-refractivity contribution in [2.75, 3.05) is 5.75 Å². The lowest BCUT2D eigenvalue weighted by molar-refractivity contribution is -0.119. The van der Waals surface area contributed by atoms with E-state index in [9.17, 15) is 4.79 Å². The number of carbonyl (C=O) groups is 1. The van der Waals surface area contributed by atoms with Crippen molar-refractivity contribution in [3.63, 3.8) is 0 Å². The van der Waals surface area contributed by atoms with Gasteiger partial charge in [0.05, 0.1) is 11.8 Å². The molecule has 0 fully saturated rings. The van der Waals surface area contributed by atoms with Crippen LogP contribution in [0.15, 0.2) is 47.4 Å². The van der Waals surface area contributed by atoms with Gasteiger partial charge in [-0.3, -0.25) is 4.79 Å². The third-order valence-corrected chi connectivity index (χ3v) is 4.68. The summed E-state index contributed by atoms with van der Waals surface area (Å²) >= 11 is 1.57. The van der Waals surface area contributed by atoms with Gasteiger partial charge in [-0.25, -0.2) is 0 Å². The number of thioether (sulfide) groups is 1. The van der Waals surface area contributed by atoms with Crippen molar-refractivity contribution in [3.8, 4) is 0 Å². The first-order valence-corrected chi connectivity index (χ1v) is 8.50. The summed E-state index contributed by atoms with van der Waals surface area (Å²) in [6.45, 7) is 8.26. The summed E-state index contributed by atoms with van der Waals surface area (Å²) in [6.07, 6.45) is 0. The predicted octanol–water partition coefficient (Wildman–Crippen LogP) is 4.58. The van der Waals surface area contributed by atoms with Crippen LogP contribution in [0.4, 0.5) is 0 Å². The number of rotatable bonds is 5. The number of carbonyl (C=O) groups excluding carboxylic acids is 1. The first kappa shape index (κ1) is 16.6. The Hall–Kier alpha value is -1.74. The van der Waals surface area contributed by atoms with E-state index in [1.165, 1.54) is 22.3 Å². The molecule has 0 radical (unpaired) electrons. The van der Waals surface area contributed by atoms with Gasteiger partial charge in [0.1, 0.15) is 0 Å². The van der Waals surface area contributed by atoms with Crippen LogP contribution in [0.5, 0.6) is 0 Å². The SMILES string of the molecule is Cc1ccc(SCC(=O)NC(C)c2cc(C)ccc2C)cc1. The average Bonchev–Trinajstić information content (AvgIpc) is 2.49. The monoisotopic (exact) mass is 313 g/mol. The van der Waals surface area contributed by atoms with Gasteiger partial charge in [-0.1, -0.05) is 41.5 Å². The molecule has 1 unspecified atom stereocenters. The van der Waals surface area contributed by atoms with Crippen LogP contribution >= 0.6 is 11.8 Å². The number of hydrogen-bond donors (Lipinski definition) is 1. The molecular weight excluding hydrogens is 290 g/mol. The number of amides is 1. The highest BCUT2D eigenvalue weighted by molar-refractivity contribution is 8.00. The van der Waals surface area contributed by atoms with Gasteiger partial charge in [-0.2, -0.15) is 0 Å². The molecule has 2 aromatic carbocycles. The third-order valence-electron chi connectivity index (χ3n) is 3.67. The number of nitrogens with one attached hydrogen (secondary N) is 1. The molecule has 0 spiro atoms. The molecule has 0 aliphatic carbocycles. The minimum absolute atomic E-state index is 0.0333. The molecule has 0 heterocycles.